The summed E-state index contributed by atoms with van der Waals surface area (Å²) in [6.45, 7) is 2.68. The standard InChI is InChI=1S/C12H16N2O2/c1-8-3-9(6-13-5-8)12(15)11-4-10(16-2)7-14-11/h3,5-6,10-11,14H,4,7H2,1-2H3. The highest BCUT2D eigenvalue weighted by atomic mass is 16.5. The Hall–Kier alpha value is -1.26. The lowest BCUT2D eigenvalue weighted by molar-refractivity contribution is 0.0918. The maximum atomic E-state index is 12.1. The van der Waals surface area contributed by atoms with Crippen LogP contribution in [-0.2, 0) is 4.74 Å². The van der Waals surface area contributed by atoms with E-state index in [-0.39, 0.29) is 17.9 Å². The van der Waals surface area contributed by atoms with E-state index in [1.54, 1.807) is 19.5 Å². The Labute approximate surface area is 95.0 Å². The van der Waals surface area contributed by atoms with Crippen LogP contribution in [0.2, 0.25) is 0 Å². The molecule has 1 N–H and O–H groups in total. The molecular formula is C12H16N2O2. The van der Waals surface area contributed by atoms with Gasteiger partial charge in [0.2, 0.25) is 0 Å². The Morgan fingerprint density at radius 1 is 1.56 bits per heavy atom. The first-order valence-electron chi connectivity index (χ1n) is 5.42. The predicted octanol–water partition coefficient (Wildman–Crippen LogP) is 0.950. The zero-order chi connectivity index (χ0) is 11.5. The van der Waals surface area contributed by atoms with Gasteiger partial charge in [0.25, 0.3) is 0 Å². The molecule has 1 aliphatic rings. The molecule has 0 saturated carbocycles. The van der Waals surface area contributed by atoms with Crippen LogP contribution in [-0.4, -0.2) is 36.6 Å². The summed E-state index contributed by atoms with van der Waals surface area (Å²) in [5.74, 6) is 0.107. The van der Waals surface area contributed by atoms with Gasteiger partial charge in [0, 0.05) is 31.6 Å². The van der Waals surface area contributed by atoms with Gasteiger partial charge in [-0.3, -0.25) is 9.78 Å². The Bertz CT molecular complexity index is 392. The van der Waals surface area contributed by atoms with Crippen molar-refractivity contribution in [1.82, 2.24) is 10.3 Å². The van der Waals surface area contributed by atoms with Crippen LogP contribution in [0.4, 0.5) is 0 Å². The molecule has 1 aromatic heterocycles. The number of carbonyl (C=O) groups excluding carboxylic acids is 1. The van der Waals surface area contributed by atoms with Crippen molar-refractivity contribution in [3.63, 3.8) is 0 Å². The number of hydrogen-bond donors (Lipinski definition) is 1. The molecule has 0 bridgehead atoms. The van der Waals surface area contributed by atoms with Gasteiger partial charge in [-0.2, -0.15) is 0 Å². The normalized spacial score (nSPS) is 24.6. The van der Waals surface area contributed by atoms with Crippen molar-refractivity contribution in [3.8, 4) is 0 Å². The molecule has 1 fully saturated rings. The van der Waals surface area contributed by atoms with Crippen LogP contribution in [0, 0.1) is 6.92 Å². The van der Waals surface area contributed by atoms with Gasteiger partial charge in [-0.15, -0.1) is 0 Å². The topological polar surface area (TPSA) is 51.2 Å². The number of ether oxygens (including phenoxy) is 1. The predicted molar refractivity (Wildman–Crippen MR) is 60.5 cm³/mol. The molecule has 86 valence electrons. The molecule has 16 heavy (non-hydrogen) atoms. The fourth-order valence-corrected chi connectivity index (χ4v) is 1.97. The van der Waals surface area contributed by atoms with Gasteiger partial charge in [-0.1, -0.05) is 0 Å². The molecule has 2 atom stereocenters. The number of methoxy groups -OCH3 is 1. The molecule has 0 aliphatic carbocycles. The van der Waals surface area contributed by atoms with Crippen LogP contribution in [0.15, 0.2) is 18.5 Å². The molecule has 2 heterocycles. The summed E-state index contributed by atoms with van der Waals surface area (Å²) in [4.78, 5) is 16.1. The minimum Gasteiger partial charge on any atom is -0.380 e. The smallest absolute Gasteiger partial charge is 0.181 e. The number of ketones is 1. The van der Waals surface area contributed by atoms with Gasteiger partial charge < -0.3 is 10.1 Å². The zero-order valence-electron chi connectivity index (χ0n) is 9.56. The third-order valence-electron chi connectivity index (χ3n) is 2.90. The van der Waals surface area contributed by atoms with Crippen LogP contribution in [0.1, 0.15) is 22.3 Å². The van der Waals surface area contributed by atoms with Crippen molar-refractivity contribution in [2.45, 2.75) is 25.5 Å². The molecule has 1 saturated heterocycles. The Morgan fingerprint density at radius 3 is 3.00 bits per heavy atom. The molecule has 0 amide bonds. The number of nitrogens with zero attached hydrogens (tertiary/aromatic N) is 1. The lowest BCUT2D eigenvalue weighted by atomic mass is 10.0. The van der Waals surface area contributed by atoms with E-state index in [1.165, 1.54) is 0 Å². The van der Waals surface area contributed by atoms with Crippen molar-refractivity contribution < 1.29 is 9.53 Å². The van der Waals surface area contributed by atoms with E-state index in [1.807, 2.05) is 13.0 Å². The number of nitrogens with one attached hydrogen (secondary N) is 1. The second-order valence-corrected chi connectivity index (χ2v) is 4.17. The van der Waals surface area contributed by atoms with Gasteiger partial charge in [-0.05, 0) is 25.0 Å². The average Bonchev–Trinajstić information content (AvgIpc) is 2.76. The number of Topliss-reactive ketones (excluding diaryl/α,β-unsaturated/α-hetero) is 1. The first kappa shape index (κ1) is 11.2. The summed E-state index contributed by atoms with van der Waals surface area (Å²) in [5.41, 5.74) is 1.68. The quantitative estimate of drug-likeness (QED) is 0.770. The van der Waals surface area contributed by atoms with Crippen LogP contribution < -0.4 is 5.32 Å². The molecular weight excluding hydrogens is 204 g/mol. The Morgan fingerprint density at radius 2 is 2.38 bits per heavy atom. The lowest BCUT2D eigenvalue weighted by Gasteiger charge is -2.09. The SMILES string of the molecule is COC1CNC(C(=O)c2cncc(C)c2)C1. The van der Waals surface area contributed by atoms with Crippen molar-refractivity contribution in [2.75, 3.05) is 13.7 Å². The molecule has 0 spiro atoms. The first-order chi connectivity index (χ1) is 7.70. The number of aromatic nitrogens is 1. The van der Waals surface area contributed by atoms with Crippen molar-refractivity contribution in [1.29, 1.82) is 0 Å². The van der Waals surface area contributed by atoms with E-state index in [4.69, 9.17) is 4.74 Å². The first-order valence-corrected chi connectivity index (χ1v) is 5.42. The third kappa shape index (κ3) is 2.28. The average molecular weight is 220 g/mol. The molecule has 2 rings (SSSR count). The second kappa shape index (κ2) is 4.72. The Balaban J connectivity index is 2.08. The lowest BCUT2D eigenvalue weighted by Crippen LogP contribution is -2.30. The van der Waals surface area contributed by atoms with E-state index in [0.29, 0.717) is 5.56 Å². The minimum atomic E-state index is -0.131. The molecule has 0 aromatic carbocycles. The minimum absolute atomic E-state index is 0.107. The van der Waals surface area contributed by atoms with Gasteiger partial charge in [0.05, 0.1) is 12.1 Å². The maximum absolute atomic E-state index is 12.1. The van der Waals surface area contributed by atoms with Crippen LogP contribution in [0.5, 0.6) is 0 Å². The second-order valence-electron chi connectivity index (χ2n) is 4.17. The summed E-state index contributed by atoms with van der Waals surface area (Å²) >= 11 is 0. The summed E-state index contributed by atoms with van der Waals surface area (Å²) < 4.78 is 5.22. The maximum Gasteiger partial charge on any atom is 0.181 e. The van der Waals surface area contributed by atoms with E-state index in [9.17, 15) is 4.79 Å². The van der Waals surface area contributed by atoms with E-state index < -0.39 is 0 Å². The zero-order valence-corrected chi connectivity index (χ0v) is 9.56. The number of hydrogen-bond acceptors (Lipinski definition) is 4. The van der Waals surface area contributed by atoms with Crippen molar-refractivity contribution in [3.05, 3.63) is 29.6 Å². The summed E-state index contributed by atoms with van der Waals surface area (Å²) in [6, 6.07) is 1.74. The van der Waals surface area contributed by atoms with Gasteiger partial charge in [0.1, 0.15) is 0 Å². The summed E-state index contributed by atoms with van der Waals surface area (Å²) in [7, 11) is 1.67. The number of pyridine rings is 1. The van der Waals surface area contributed by atoms with Crippen LogP contribution in [0.25, 0.3) is 0 Å². The van der Waals surface area contributed by atoms with Gasteiger partial charge in [0.15, 0.2) is 5.78 Å². The monoisotopic (exact) mass is 220 g/mol. The summed E-state index contributed by atoms with van der Waals surface area (Å²) in [6.07, 6.45) is 4.25. The molecule has 2 unspecified atom stereocenters. The largest absolute Gasteiger partial charge is 0.380 e. The number of carbonyl (C=O) groups is 1. The highest BCUT2D eigenvalue weighted by Crippen LogP contribution is 2.14. The van der Waals surface area contributed by atoms with Crippen LogP contribution in [0.3, 0.4) is 0 Å². The molecule has 4 nitrogen and oxygen atoms in total. The fourth-order valence-electron chi connectivity index (χ4n) is 1.97. The van der Waals surface area contributed by atoms with E-state index in [2.05, 4.69) is 10.3 Å². The van der Waals surface area contributed by atoms with Gasteiger partial charge in [-0.25, -0.2) is 0 Å². The van der Waals surface area contributed by atoms with Crippen molar-refractivity contribution in [2.24, 2.45) is 0 Å². The number of rotatable bonds is 3. The summed E-state index contributed by atoms with van der Waals surface area (Å²) in [5, 5.41) is 3.17. The van der Waals surface area contributed by atoms with Crippen molar-refractivity contribution >= 4 is 5.78 Å². The highest BCUT2D eigenvalue weighted by molar-refractivity contribution is 6.00. The van der Waals surface area contributed by atoms with Gasteiger partial charge >= 0.3 is 0 Å². The highest BCUT2D eigenvalue weighted by Gasteiger charge is 2.29. The van der Waals surface area contributed by atoms with E-state index in [0.717, 1.165) is 18.5 Å². The third-order valence-corrected chi connectivity index (χ3v) is 2.90. The molecule has 0 radical (unpaired) electrons. The molecule has 4 heteroatoms. The molecule has 1 aliphatic heterocycles. The van der Waals surface area contributed by atoms with Crippen LogP contribution >= 0.6 is 0 Å². The fraction of sp³-hybridized carbons (Fsp3) is 0.500. The molecule has 1 aromatic rings. The van der Waals surface area contributed by atoms with E-state index >= 15 is 0 Å². The Kier molecular flexibility index (Phi) is 3.31. The number of aryl methyl sites for hydroxylation is 1.